The average molecular weight is 324 g/mol. The third-order valence-electron chi connectivity index (χ3n) is 3.41. The first-order valence-corrected chi connectivity index (χ1v) is 8.09. The minimum Gasteiger partial charge on any atom is -0.457 e. The van der Waals surface area contributed by atoms with Gasteiger partial charge in [0.15, 0.2) is 0 Å². The zero-order valence-corrected chi connectivity index (χ0v) is 13.5. The van der Waals surface area contributed by atoms with E-state index in [0.717, 1.165) is 5.56 Å². The Bertz CT molecular complexity index is 782. The van der Waals surface area contributed by atoms with Gasteiger partial charge in [-0.25, -0.2) is 0 Å². The molecule has 0 aliphatic rings. The maximum Gasteiger partial charge on any atom is 0.251 e. The minimum atomic E-state index is -0.0916. The molecule has 0 aliphatic heterocycles. The van der Waals surface area contributed by atoms with E-state index in [-0.39, 0.29) is 5.91 Å². The van der Waals surface area contributed by atoms with Crippen LogP contribution in [0.25, 0.3) is 0 Å². The second-order valence-corrected chi connectivity index (χ2v) is 6.11. The summed E-state index contributed by atoms with van der Waals surface area (Å²) in [5, 5.41) is 4.96. The molecule has 0 saturated carbocycles. The lowest BCUT2D eigenvalue weighted by atomic mass is 10.2. The highest BCUT2D eigenvalue weighted by Gasteiger charge is 2.07. The van der Waals surface area contributed by atoms with Crippen molar-refractivity contribution in [3.05, 3.63) is 76.2 Å². The molecule has 0 fully saturated rings. The lowest BCUT2D eigenvalue weighted by Crippen LogP contribution is -2.22. The van der Waals surface area contributed by atoms with E-state index >= 15 is 0 Å². The van der Waals surface area contributed by atoms with E-state index in [1.165, 1.54) is 4.88 Å². The molecule has 0 unspecified atom stereocenters. The summed E-state index contributed by atoms with van der Waals surface area (Å²) in [6.07, 6.45) is 3.34. The van der Waals surface area contributed by atoms with E-state index in [9.17, 15) is 4.79 Å². The monoisotopic (exact) mass is 324 g/mol. The highest BCUT2D eigenvalue weighted by Crippen LogP contribution is 2.21. The second-order valence-electron chi connectivity index (χ2n) is 4.99. The van der Waals surface area contributed by atoms with Crippen molar-refractivity contribution in [2.45, 2.75) is 13.5 Å². The quantitative estimate of drug-likeness (QED) is 0.766. The summed E-state index contributed by atoms with van der Waals surface area (Å²) in [6, 6.07) is 12.7. The number of carbonyl (C=O) groups excluding carboxylic acids is 1. The van der Waals surface area contributed by atoms with Crippen molar-refractivity contribution in [1.29, 1.82) is 0 Å². The van der Waals surface area contributed by atoms with Crippen molar-refractivity contribution >= 4 is 17.2 Å². The molecule has 5 heteroatoms. The van der Waals surface area contributed by atoms with Gasteiger partial charge in [0.1, 0.15) is 11.5 Å². The molecule has 1 N–H and O–H groups in total. The molecule has 3 rings (SSSR count). The van der Waals surface area contributed by atoms with Crippen molar-refractivity contribution in [2.24, 2.45) is 0 Å². The third kappa shape index (κ3) is 3.96. The number of thiophene rings is 1. The number of benzene rings is 1. The van der Waals surface area contributed by atoms with Crippen LogP contribution in [0.15, 0.2) is 60.2 Å². The van der Waals surface area contributed by atoms with Gasteiger partial charge in [0, 0.05) is 29.4 Å². The lowest BCUT2D eigenvalue weighted by Gasteiger charge is -2.07. The van der Waals surface area contributed by atoms with Gasteiger partial charge in [-0.15, -0.1) is 11.3 Å². The first kappa shape index (κ1) is 15.2. The number of nitrogens with zero attached hydrogens (tertiary/aromatic N) is 1. The van der Waals surface area contributed by atoms with Gasteiger partial charge in [0.25, 0.3) is 5.91 Å². The Hall–Kier alpha value is -2.66. The Morgan fingerprint density at radius 1 is 1.09 bits per heavy atom. The highest BCUT2D eigenvalue weighted by atomic mass is 32.1. The van der Waals surface area contributed by atoms with Crippen molar-refractivity contribution in [3.63, 3.8) is 0 Å². The lowest BCUT2D eigenvalue weighted by molar-refractivity contribution is 0.0951. The van der Waals surface area contributed by atoms with Crippen molar-refractivity contribution in [1.82, 2.24) is 10.3 Å². The Kier molecular flexibility index (Phi) is 4.68. The fourth-order valence-corrected chi connectivity index (χ4v) is 2.82. The molecule has 0 atom stereocenters. The third-order valence-corrected chi connectivity index (χ3v) is 4.30. The predicted octanol–water partition coefficient (Wildman–Crippen LogP) is 4.17. The number of aromatic nitrogens is 1. The van der Waals surface area contributed by atoms with Crippen LogP contribution in [0.4, 0.5) is 0 Å². The highest BCUT2D eigenvalue weighted by molar-refractivity contribution is 7.10. The number of carbonyl (C=O) groups is 1. The molecular formula is C18H16N2O2S. The number of amides is 1. The summed E-state index contributed by atoms with van der Waals surface area (Å²) >= 11 is 1.68. The molecule has 0 saturated heterocycles. The second kappa shape index (κ2) is 7.07. The smallest absolute Gasteiger partial charge is 0.251 e. The maximum absolute atomic E-state index is 12.2. The summed E-state index contributed by atoms with van der Waals surface area (Å²) in [6.45, 7) is 2.60. The molecule has 1 aromatic carbocycles. The Morgan fingerprint density at radius 3 is 2.43 bits per heavy atom. The Morgan fingerprint density at radius 2 is 1.78 bits per heavy atom. The molecule has 116 valence electrons. The summed E-state index contributed by atoms with van der Waals surface area (Å²) in [5.41, 5.74) is 1.76. The van der Waals surface area contributed by atoms with Gasteiger partial charge in [0.05, 0.1) is 0 Å². The van der Waals surface area contributed by atoms with Crippen LogP contribution >= 0.6 is 11.3 Å². The van der Waals surface area contributed by atoms with Crippen molar-refractivity contribution in [2.75, 3.05) is 0 Å². The van der Waals surface area contributed by atoms with Crippen molar-refractivity contribution < 1.29 is 9.53 Å². The largest absolute Gasteiger partial charge is 0.457 e. The number of nitrogens with one attached hydrogen (secondary N) is 1. The number of rotatable bonds is 5. The van der Waals surface area contributed by atoms with Crippen LogP contribution in [0.1, 0.15) is 20.8 Å². The van der Waals surface area contributed by atoms with Gasteiger partial charge in [-0.1, -0.05) is 0 Å². The fourth-order valence-electron chi connectivity index (χ4n) is 2.09. The van der Waals surface area contributed by atoms with Crippen LogP contribution in [0, 0.1) is 6.92 Å². The molecule has 2 aromatic heterocycles. The predicted molar refractivity (Wildman–Crippen MR) is 91.0 cm³/mol. The molecule has 1 amide bonds. The number of pyridine rings is 1. The topological polar surface area (TPSA) is 51.2 Å². The average Bonchev–Trinajstić information content (AvgIpc) is 2.99. The summed E-state index contributed by atoms with van der Waals surface area (Å²) in [7, 11) is 0. The number of aryl methyl sites for hydroxylation is 1. The molecule has 0 aliphatic carbocycles. The van der Waals surface area contributed by atoms with Crippen LogP contribution in [0.3, 0.4) is 0 Å². The molecule has 2 heterocycles. The molecule has 3 aromatic rings. The van der Waals surface area contributed by atoms with Gasteiger partial charge >= 0.3 is 0 Å². The fraction of sp³-hybridized carbons (Fsp3) is 0.111. The summed E-state index contributed by atoms with van der Waals surface area (Å²) in [4.78, 5) is 17.3. The molecule has 23 heavy (non-hydrogen) atoms. The van der Waals surface area contributed by atoms with Gasteiger partial charge < -0.3 is 10.1 Å². The van der Waals surface area contributed by atoms with E-state index in [1.54, 1.807) is 60.1 Å². The Balaban J connectivity index is 1.60. The minimum absolute atomic E-state index is 0.0916. The first-order chi connectivity index (χ1) is 11.2. The van der Waals surface area contributed by atoms with E-state index < -0.39 is 0 Å². The normalized spacial score (nSPS) is 10.3. The molecule has 4 nitrogen and oxygen atoms in total. The molecular weight excluding hydrogens is 308 g/mol. The molecule has 0 radical (unpaired) electrons. The van der Waals surface area contributed by atoms with E-state index in [2.05, 4.69) is 17.2 Å². The van der Waals surface area contributed by atoms with Crippen LogP contribution in [-0.2, 0) is 6.54 Å². The van der Waals surface area contributed by atoms with Crippen LogP contribution in [-0.4, -0.2) is 10.9 Å². The van der Waals surface area contributed by atoms with Gasteiger partial charge in [0.2, 0.25) is 0 Å². The number of ether oxygens (including phenoxy) is 1. The summed E-state index contributed by atoms with van der Waals surface area (Å²) in [5.74, 6) is 1.30. The van der Waals surface area contributed by atoms with Gasteiger partial charge in [-0.3, -0.25) is 9.78 Å². The van der Waals surface area contributed by atoms with Gasteiger partial charge in [-0.2, -0.15) is 0 Å². The number of hydrogen-bond acceptors (Lipinski definition) is 4. The van der Waals surface area contributed by atoms with E-state index in [4.69, 9.17) is 4.74 Å². The number of hydrogen-bond donors (Lipinski definition) is 1. The first-order valence-electron chi connectivity index (χ1n) is 7.21. The maximum atomic E-state index is 12.2. The standard InChI is InChI=1S/C18H16N2O2S/c1-13-15(8-11-23-13)12-20-18(21)14-2-4-16(5-3-14)22-17-6-9-19-10-7-17/h2-11H,12H2,1H3,(H,20,21). The van der Waals surface area contributed by atoms with Crippen LogP contribution in [0.2, 0.25) is 0 Å². The van der Waals surface area contributed by atoms with Gasteiger partial charge in [-0.05, 0) is 60.3 Å². The molecule has 0 spiro atoms. The van der Waals surface area contributed by atoms with E-state index in [0.29, 0.717) is 23.6 Å². The van der Waals surface area contributed by atoms with Crippen LogP contribution in [0.5, 0.6) is 11.5 Å². The zero-order valence-electron chi connectivity index (χ0n) is 12.7. The Labute approximate surface area is 138 Å². The van der Waals surface area contributed by atoms with E-state index in [1.807, 2.05) is 11.4 Å². The summed E-state index contributed by atoms with van der Waals surface area (Å²) < 4.78 is 5.68. The zero-order chi connectivity index (χ0) is 16.1. The molecule has 0 bridgehead atoms. The van der Waals surface area contributed by atoms with Crippen molar-refractivity contribution in [3.8, 4) is 11.5 Å². The van der Waals surface area contributed by atoms with Crippen LogP contribution < -0.4 is 10.1 Å². The SMILES string of the molecule is Cc1sccc1CNC(=O)c1ccc(Oc2ccncc2)cc1.